The number of benzene rings is 2. The van der Waals surface area contributed by atoms with Crippen molar-refractivity contribution in [2.45, 2.75) is 19.5 Å². The molecule has 25 heavy (non-hydrogen) atoms. The lowest BCUT2D eigenvalue weighted by atomic mass is 10.1. The van der Waals surface area contributed by atoms with Crippen LogP contribution in [0.4, 0.5) is 8.78 Å². The van der Waals surface area contributed by atoms with Gasteiger partial charge in [0.15, 0.2) is 11.6 Å². The molecular formula is C19H17ClF2N2O. The standard InChI is InChI=1S/C19H17ClF2N2O/c1-12(14-5-8-17(21)18(22)9-14)24(2)10-16-11-25-19(23-16)13-3-6-15(20)7-4-13/h3-9,11-12H,10H2,1-2H3/t12-/m0/s1. The van der Waals surface area contributed by atoms with Crippen molar-refractivity contribution in [1.29, 1.82) is 0 Å². The molecule has 3 aromatic rings. The van der Waals surface area contributed by atoms with Gasteiger partial charge in [-0.2, -0.15) is 0 Å². The minimum atomic E-state index is -0.845. The second-order valence-corrected chi connectivity index (χ2v) is 6.35. The van der Waals surface area contributed by atoms with Crippen LogP contribution in [0.5, 0.6) is 0 Å². The first kappa shape index (κ1) is 17.6. The molecule has 0 N–H and O–H groups in total. The SMILES string of the molecule is C[C@@H](c1ccc(F)c(F)c1)N(C)Cc1coc(-c2ccc(Cl)cc2)n1. The number of oxazole rings is 1. The van der Waals surface area contributed by atoms with Gasteiger partial charge in [-0.3, -0.25) is 4.90 Å². The largest absolute Gasteiger partial charge is 0.444 e. The first-order valence-electron chi connectivity index (χ1n) is 7.79. The second-order valence-electron chi connectivity index (χ2n) is 5.92. The Bertz CT molecular complexity index is 864. The zero-order valence-electron chi connectivity index (χ0n) is 13.8. The fourth-order valence-corrected chi connectivity index (χ4v) is 2.65. The maximum atomic E-state index is 13.4. The van der Waals surface area contributed by atoms with E-state index in [0.717, 1.165) is 17.3 Å². The van der Waals surface area contributed by atoms with E-state index in [2.05, 4.69) is 4.98 Å². The van der Waals surface area contributed by atoms with Crippen LogP contribution in [0.3, 0.4) is 0 Å². The molecule has 0 amide bonds. The van der Waals surface area contributed by atoms with Gasteiger partial charge in [-0.15, -0.1) is 0 Å². The second kappa shape index (κ2) is 7.33. The fraction of sp³-hybridized carbons (Fsp3) is 0.211. The topological polar surface area (TPSA) is 29.3 Å². The zero-order chi connectivity index (χ0) is 18.0. The fourth-order valence-electron chi connectivity index (χ4n) is 2.52. The summed E-state index contributed by atoms with van der Waals surface area (Å²) in [5, 5.41) is 0.649. The predicted octanol–water partition coefficient (Wildman–Crippen LogP) is 5.47. The molecule has 130 valence electrons. The van der Waals surface area contributed by atoms with Gasteiger partial charge in [0.1, 0.15) is 6.26 Å². The van der Waals surface area contributed by atoms with Crippen molar-refractivity contribution >= 4 is 11.6 Å². The molecule has 0 radical (unpaired) electrons. The van der Waals surface area contributed by atoms with Gasteiger partial charge in [-0.1, -0.05) is 17.7 Å². The lowest BCUT2D eigenvalue weighted by Gasteiger charge is -2.24. The third kappa shape index (κ3) is 4.06. The average Bonchev–Trinajstić information content (AvgIpc) is 3.05. The minimum absolute atomic E-state index is 0.106. The average molecular weight is 363 g/mol. The summed E-state index contributed by atoms with van der Waals surface area (Å²) in [6.45, 7) is 2.43. The molecule has 0 bridgehead atoms. The highest BCUT2D eigenvalue weighted by Gasteiger charge is 2.16. The van der Waals surface area contributed by atoms with E-state index in [1.165, 1.54) is 6.07 Å². The van der Waals surface area contributed by atoms with Crippen LogP contribution in [0.25, 0.3) is 11.5 Å². The molecule has 1 atom stereocenters. The molecule has 6 heteroatoms. The summed E-state index contributed by atoms with van der Waals surface area (Å²) in [4.78, 5) is 6.45. The smallest absolute Gasteiger partial charge is 0.226 e. The Hall–Kier alpha value is -2.24. The van der Waals surface area contributed by atoms with Gasteiger partial charge < -0.3 is 4.42 Å². The summed E-state index contributed by atoms with van der Waals surface area (Å²) in [6, 6.07) is 11.1. The summed E-state index contributed by atoms with van der Waals surface area (Å²) < 4.78 is 32.0. The van der Waals surface area contributed by atoms with Gasteiger partial charge in [0.25, 0.3) is 0 Å². The zero-order valence-corrected chi connectivity index (χ0v) is 14.6. The monoisotopic (exact) mass is 362 g/mol. The molecule has 3 nitrogen and oxygen atoms in total. The molecular weight excluding hydrogens is 346 g/mol. The van der Waals surface area contributed by atoms with E-state index in [1.807, 2.05) is 31.0 Å². The predicted molar refractivity (Wildman–Crippen MR) is 93.2 cm³/mol. The van der Waals surface area contributed by atoms with E-state index < -0.39 is 11.6 Å². The van der Waals surface area contributed by atoms with Crippen molar-refractivity contribution in [2.24, 2.45) is 0 Å². The molecule has 0 fully saturated rings. The van der Waals surface area contributed by atoms with Gasteiger partial charge in [0, 0.05) is 23.2 Å². The van der Waals surface area contributed by atoms with Gasteiger partial charge in [-0.05, 0) is 55.9 Å². The lowest BCUT2D eigenvalue weighted by molar-refractivity contribution is 0.249. The first-order valence-corrected chi connectivity index (χ1v) is 8.17. The molecule has 0 saturated carbocycles. The molecule has 0 aliphatic carbocycles. The van der Waals surface area contributed by atoms with Crippen LogP contribution in [0, 0.1) is 11.6 Å². The van der Waals surface area contributed by atoms with E-state index in [1.54, 1.807) is 24.5 Å². The van der Waals surface area contributed by atoms with Gasteiger partial charge >= 0.3 is 0 Å². The highest BCUT2D eigenvalue weighted by Crippen LogP contribution is 2.24. The number of hydrogen-bond donors (Lipinski definition) is 0. The Balaban J connectivity index is 1.71. The van der Waals surface area contributed by atoms with Crippen LogP contribution in [0.2, 0.25) is 5.02 Å². The van der Waals surface area contributed by atoms with Gasteiger partial charge in [-0.25, -0.2) is 13.8 Å². The number of rotatable bonds is 5. The van der Waals surface area contributed by atoms with Crippen LogP contribution in [-0.2, 0) is 6.54 Å². The molecule has 0 saturated heterocycles. The summed E-state index contributed by atoms with van der Waals surface area (Å²) in [6.07, 6.45) is 1.60. The first-order chi connectivity index (χ1) is 11.9. The maximum Gasteiger partial charge on any atom is 0.226 e. The molecule has 0 unspecified atom stereocenters. The molecule has 1 heterocycles. The summed E-state index contributed by atoms with van der Waals surface area (Å²) in [5.74, 6) is -1.17. The highest BCUT2D eigenvalue weighted by atomic mass is 35.5. The van der Waals surface area contributed by atoms with Crippen molar-refractivity contribution in [2.75, 3.05) is 7.05 Å². The van der Waals surface area contributed by atoms with Gasteiger partial charge in [0.2, 0.25) is 5.89 Å². The Kier molecular flexibility index (Phi) is 5.16. The van der Waals surface area contributed by atoms with Crippen molar-refractivity contribution in [3.8, 4) is 11.5 Å². The van der Waals surface area contributed by atoms with Crippen molar-refractivity contribution in [1.82, 2.24) is 9.88 Å². The Morgan fingerprint density at radius 1 is 1.12 bits per heavy atom. The minimum Gasteiger partial charge on any atom is -0.444 e. The normalized spacial score (nSPS) is 12.6. The Labute approximate surface area is 149 Å². The quantitative estimate of drug-likeness (QED) is 0.603. The lowest BCUT2D eigenvalue weighted by Crippen LogP contribution is -2.22. The third-order valence-electron chi connectivity index (χ3n) is 4.14. The van der Waals surface area contributed by atoms with Crippen LogP contribution in [-0.4, -0.2) is 16.9 Å². The number of nitrogens with zero attached hydrogens (tertiary/aromatic N) is 2. The van der Waals surface area contributed by atoms with E-state index in [0.29, 0.717) is 23.0 Å². The summed E-state index contributed by atoms with van der Waals surface area (Å²) in [5.41, 5.74) is 2.29. The summed E-state index contributed by atoms with van der Waals surface area (Å²) in [7, 11) is 1.89. The highest BCUT2D eigenvalue weighted by molar-refractivity contribution is 6.30. The van der Waals surface area contributed by atoms with Crippen LogP contribution >= 0.6 is 11.6 Å². The maximum absolute atomic E-state index is 13.4. The van der Waals surface area contributed by atoms with E-state index in [-0.39, 0.29) is 6.04 Å². The summed E-state index contributed by atoms with van der Waals surface area (Å²) >= 11 is 5.88. The number of aromatic nitrogens is 1. The number of hydrogen-bond acceptors (Lipinski definition) is 3. The van der Waals surface area contributed by atoms with Crippen molar-refractivity contribution in [3.05, 3.63) is 76.6 Å². The Morgan fingerprint density at radius 2 is 1.84 bits per heavy atom. The molecule has 3 rings (SSSR count). The van der Waals surface area contributed by atoms with E-state index in [9.17, 15) is 8.78 Å². The van der Waals surface area contributed by atoms with Gasteiger partial charge in [0.05, 0.1) is 5.69 Å². The molecule has 1 aromatic heterocycles. The Morgan fingerprint density at radius 3 is 2.52 bits per heavy atom. The number of halogens is 3. The van der Waals surface area contributed by atoms with E-state index in [4.69, 9.17) is 16.0 Å². The van der Waals surface area contributed by atoms with E-state index >= 15 is 0 Å². The van der Waals surface area contributed by atoms with Crippen LogP contribution < -0.4 is 0 Å². The molecule has 2 aromatic carbocycles. The van der Waals surface area contributed by atoms with Crippen LogP contribution in [0.1, 0.15) is 24.2 Å². The molecule has 0 aliphatic rings. The van der Waals surface area contributed by atoms with Crippen molar-refractivity contribution in [3.63, 3.8) is 0 Å². The third-order valence-corrected chi connectivity index (χ3v) is 4.39. The molecule has 0 spiro atoms. The van der Waals surface area contributed by atoms with Crippen LogP contribution in [0.15, 0.2) is 53.1 Å². The molecule has 0 aliphatic heterocycles. The van der Waals surface area contributed by atoms with Crippen molar-refractivity contribution < 1.29 is 13.2 Å².